The van der Waals surface area contributed by atoms with Gasteiger partial charge < -0.3 is 13.9 Å². The number of ether oxygens (including phenoxy) is 2. The first-order valence-corrected chi connectivity index (χ1v) is 9.26. The maximum absolute atomic E-state index is 12.6. The van der Waals surface area contributed by atoms with E-state index in [0.717, 1.165) is 5.56 Å². The van der Waals surface area contributed by atoms with Crippen LogP contribution in [0.4, 0.5) is 0 Å². The van der Waals surface area contributed by atoms with Gasteiger partial charge in [-0.15, -0.1) is 0 Å². The van der Waals surface area contributed by atoms with Gasteiger partial charge in [-0.1, -0.05) is 45.0 Å². The van der Waals surface area contributed by atoms with Gasteiger partial charge in [0, 0.05) is 6.07 Å². The number of benzene rings is 2. The van der Waals surface area contributed by atoms with Gasteiger partial charge >= 0.3 is 5.97 Å². The summed E-state index contributed by atoms with van der Waals surface area (Å²) in [6, 6.07) is 15.8. The molecule has 0 atom stereocenters. The van der Waals surface area contributed by atoms with Crippen LogP contribution in [0.2, 0.25) is 0 Å². The molecule has 1 aliphatic heterocycles. The van der Waals surface area contributed by atoms with Crippen molar-refractivity contribution < 1.29 is 23.5 Å². The van der Waals surface area contributed by atoms with E-state index in [1.54, 1.807) is 24.3 Å². The zero-order valence-corrected chi connectivity index (χ0v) is 16.4. The minimum atomic E-state index is -0.617. The fraction of sp³-hybridized carbons (Fsp3) is 0.167. The summed E-state index contributed by atoms with van der Waals surface area (Å²) in [6.07, 6.45) is 3.11. The third-order valence-electron chi connectivity index (χ3n) is 4.65. The van der Waals surface area contributed by atoms with Gasteiger partial charge in [0.1, 0.15) is 11.5 Å². The Morgan fingerprint density at radius 3 is 2.45 bits per heavy atom. The molecule has 0 fully saturated rings. The lowest BCUT2D eigenvalue weighted by Crippen LogP contribution is -2.10. The summed E-state index contributed by atoms with van der Waals surface area (Å²) in [5.74, 6) is 0.142. The van der Waals surface area contributed by atoms with Gasteiger partial charge in [0.25, 0.3) is 0 Å². The molecule has 4 rings (SSSR count). The minimum absolute atomic E-state index is 0.0606. The summed E-state index contributed by atoms with van der Waals surface area (Å²) in [7, 11) is 0. The number of carbonyl (C=O) groups excluding carboxylic acids is 2. The average molecular weight is 388 g/mol. The Morgan fingerprint density at radius 2 is 1.79 bits per heavy atom. The second kappa shape index (κ2) is 7.09. The molecule has 1 aromatic heterocycles. The van der Waals surface area contributed by atoms with Gasteiger partial charge in [-0.05, 0) is 46.9 Å². The van der Waals surface area contributed by atoms with Crippen molar-refractivity contribution in [1.29, 1.82) is 0 Å². The highest BCUT2D eigenvalue weighted by atomic mass is 16.5. The van der Waals surface area contributed by atoms with Crippen LogP contribution in [0, 0.1) is 0 Å². The zero-order chi connectivity index (χ0) is 20.6. The van der Waals surface area contributed by atoms with Crippen molar-refractivity contribution in [3.63, 3.8) is 0 Å². The van der Waals surface area contributed by atoms with Crippen molar-refractivity contribution in [2.75, 3.05) is 0 Å². The average Bonchev–Trinajstić information content (AvgIpc) is 3.31. The van der Waals surface area contributed by atoms with Crippen LogP contribution in [0.3, 0.4) is 0 Å². The summed E-state index contributed by atoms with van der Waals surface area (Å²) in [4.78, 5) is 24.6. The summed E-state index contributed by atoms with van der Waals surface area (Å²) in [5, 5.41) is 0. The zero-order valence-electron chi connectivity index (χ0n) is 16.4. The Kier molecular flexibility index (Phi) is 4.59. The molecule has 0 amide bonds. The number of hydrogen-bond acceptors (Lipinski definition) is 5. The number of rotatable bonds is 3. The Balaban J connectivity index is 1.53. The van der Waals surface area contributed by atoms with Crippen molar-refractivity contribution in [1.82, 2.24) is 0 Å². The Labute approximate surface area is 168 Å². The molecule has 2 aromatic carbocycles. The van der Waals surface area contributed by atoms with E-state index in [4.69, 9.17) is 13.9 Å². The summed E-state index contributed by atoms with van der Waals surface area (Å²) >= 11 is 0. The Bertz CT molecular complexity index is 1100. The molecule has 0 bridgehead atoms. The van der Waals surface area contributed by atoms with Crippen LogP contribution in [-0.2, 0) is 5.41 Å². The minimum Gasteiger partial charge on any atom is -0.457 e. The van der Waals surface area contributed by atoms with Gasteiger partial charge in [0.2, 0.25) is 11.5 Å². The van der Waals surface area contributed by atoms with E-state index in [-0.39, 0.29) is 28.5 Å². The fourth-order valence-corrected chi connectivity index (χ4v) is 3.01. The highest BCUT2D eigenvalue weighted by Crippen LogP contribution is 2.35. The van der Waals surface area contributed by atoms with E-state index < -0.39 is 5.97 Å². The van der Waals surface area contributed by atoms with Gasteiger partial charge in [-0.25, -0.2) is 4.79 Å². The summed E-state index contributed by atoms with van der Waals surface area (Å²) in [6.45, 7) is 6.45. The van der Waals surface area contributed by atoms with Gasteiger partial charge in [0.05, 0.1) is 11.8 Å². The number of hydrogen-bond donors (Lipinski definition) is 0. The van der Waals surface area contributed by atoms with Crippen LogP contribution in [0.15, 0.2) is 71.0 Å². The van der Waals surface area contributed by atoms with E-state index in [9.17, 15) is 9.59 Å². The fourth-order valence-electron chi connectivity index (χ4n) is 3.01. The molecular weight excluding hydrogens is 368 g/mol. The number of ketones is 1. The Morgan fingerprint density at radius 1 is 1.03 bits per heavy atom. The molecule has 2 heterocycles. The molecule has 0 spiro atoms. The van der Waals surface area contributed by atoms with Crippen LogP contribution < -0.4 is 9.47 Å². The second-order valence-corrected chi connectivity index (χ2v) is 7.84. The summed E-state index contributed by atoms with van der Waals surface area (Å²) in [5.41, 5.74) is 2.58. The van der Waals surface area contributed by atoms with Gasteiger partial charge in [0.15, 0.2) is 5.76 Å². The molecule has 5 heteroatoms. The number of carbonyl (C=O) groups is 2. The van der Waals surface area contributed by atoms with Crippen molar-refractivity contribution in [2.24, 2.45) is 0 Å². The topological polar surface area (TPSA) is 65.7 Å². The standard InChI is InChI=1S/C24H20O5/c1-24(2,3)16-8-6-15(7-9-16)13-21-22(25)18-11-10-17(14-20(18)29-21)28-23(26)19-5-4-12-27-19/h4-14H,1-3H3/b21-13-. The number of esters is 1. The van der Waals surface area contributed by atoms with Crippen LogP contribution in [0.25, 0.3) is 6.08 Å². The molecule has 0 aliphatic carbocycles. The molecule has 0 N–H and O–H groups in total. The van der Waals surface area contributed by atoms with Crippen molar-refractivity contribution in [3.8, 4) is 11.5 Å². The largest absolute Gasteiger partial charge is 0.457 e. The third-order valence-corrected chi connectivity index (χ3v) is 4.65. The van der Waals surface area contributed by atoms with Crippen molar-refractivity contribution in [3.05, 3.63) is 89.1 Å². The number of Topliss-reactive ketones (excluding diaryl/α,β-unsaturated/α-hetero) is 1. The highest BCUT2D eigenvalue weighted by Gasteiger charge is 2.28. The SMILES string of the molecule is CC(C)(C)c1ccc(/C=C2\Oc3cc(OC(=O)c4ccco4)ccc3C2=O)cc1. The Hall–Kier alpha value is -3.60. The first kappa shape index (κ1) is 18.7. The first-order valence-electron chi connectivity index (χ1n) is 9.26. The number of allylic oxidation sites excluding steroid dienone is 1. The second-order valence-electron chi connectivity index (χ2n) is 7.84. The van der Waals surface area contributed by atoms with E-state index >= 15 is 0 Å². The quantitative estimate of drug-likeness (QED) is 0.341. The molecule has 0 unspecified atom stereocenters. The molecule has 3 aromatic rings. The number of furan rings is 1. The highest BCUT2D eigenvalue weighted by molar-refractivity contribution is 6.14. The van der Waals surface area contributed by atoms with Crippen LogP contribution in [0.5, 0.6) is 11.5 Å². The predicted octanol–water partition coefficient (Wildman–Crippen LogP) is 5.41. The molecule has 5 nitrogen and oxygen atoms in total. The van der Waals surface area contributed by atoms with Crippen molar-refractivity contribution in [2.45, 2.75) is 26.2 Å². The van der Waals surface area contributed by atoms with Crippen LogP contribution in [0.1, 0.15) is 52.8 Å². The van der Waals surface area contributed by atoms with E-state index in [1.165, 1.54) is 24.0 Å². The monoisotopic (exact) mass is 388 g/mol. The van der Waals surface area contributed by atoms with Crippen molar-refractivity contribution >= 4 is 17.8 Å². The molecular formula is C24H20O5. The lowest BCUT2D eigenvalue weighted by molar-refractivity contribution is 0.0701. The predicted molar refractivity (Wildman–Crippen MR) is 108 cm³/mol. The maximum Gasteiger partial charge on any atom is 0.379 e. The molecule has 0 radical (unpaired) electrons. The smallest absolute Gasteiger partial charge is 0.379 e. The first-order chi connectivity index (χ1) is 13.8. The molecule has 0 saturated carbocycles. The lowest BCUT2D eigenvalue weighted by atomic mass is 9.86. The van der Waals surface area contributed by atoms with E-state index in [0.29, 0.717) is 11.3 Å². The molecule has 146 valence electrons. The van der Waals surface area contributed by atoms with E-state index in [2.05, 4.69) is 20.8 Å². The molecule has 29 heavy (non-hydrogen) atoms. The van der Waals surface area contributed by atoms with Crippen LogP contribution >= 0.6 is 0 Å². The van der Waals surface area contributed by atoms with Gasteiger partial charge in [-0.3, -0.25) is 4.79 Å². The molecule has 1 aliphatic rings. The molecule has 0 saturated heterocycles. The van der Waals surface area contributed by atoms with Crippen LogP contribution in [-0.4, -0.2) is 11.8 Å². The number of fused-ring (bicyclic) bond motifs is 1. The van der Waals surface area contributed by atoms with Gasteiger partial charge in [-0.2, -0.15) is 0 Å². The van der Waals surface area contributed by atoms with E-state index in [1.807, 2.05) is 24.3 Å². The third kappa shape index (κ3) is 3.85. The summed E-state index contributed by atoms with van der Waals surface area (Å²) < 4.78 is 16.0. The maximum atomic E-state index is 12.6. The normalized spacial score (nSPS) is 14.6. The lowest BCUT2D eigenvalue weighted by Gasteiger charge is -2.18.